The molecule has 2 aromatic rings. The molecule has 1 saturated heterocycles. The van der Waals surface area contributed by atoms with Gasteiger partial charge in [-0.15, -0.1) is 35.3 Å². The number of carbonyl (C=O) groups excluding carboxylic acids is 1. The molecule has 0 radical (unpaired) electrons. The number of aliphatic imine (C=N–C) groups is 1. The summed E-state index contributed by atoms with van der Waals surface area (Å²) in [6, 6.07) is 12.8. The van der Waals surface area contributed by atoms with E-state index in [1.807, 2.05) is 23.1 Å². The first-order valence-corrected chi connectivity index (χ1v) is 11.2. The average molecular weight is 539 g/mol. The van der Waals surface area contributed by atoms with Gasteiger partial charge in [-0.2, -0.15) is 0 Å². The van der Waals surface area contributed by atoms with Crippen LogP contribution in [0.1, 0.15) is 29.3 Å². The number of guanidine groups is 1. The Morgan fingerprint density at radius 1 is 1.13 bits per heavy atom. The lowest BCUT2D eigenvalue weighted by Crippen LogP contribution is -2.46. The normalized spacial score (nSPS) is 17.4. The second-order valence-electron chi connectivity index (χ2n) is 7.51. The van der Waals surface area contributed by atoms with Crippen LogP contribution in [0, 0.1) is 0 Å². The molecule has 0 spiro atoms. The van der Waals surface area contributed by atoms with Gasteiger partial charge in [0.25, 0.3) is 0 Å². The second-order valence-corrected chi connectivity index (χ2v) is 8.48. The van der Waals surface area contributed by atoms with Crippen molar-refractivity contribution < 1.29 is 4.79 Å². The van der Waals surface area contributed by atoms with Gasteiger partial charge in [-0.25, -0.2) is 0 Å². The number of rotatable bonds is 6. The Morgan fingerprint density at radius 3 is 2.67 bits per heavy atom. The van der Waals surface area contributed by atoms with Crippen LogP contribution in [-0.4, -0.2) is 56.5 Å². The maximum Gasteiger partial charge on any atom is 0.246 e. The van der Waals surface area contributed by atoms with Gasteiger partial charge in [-0.05, 0) is 55.4 Å². The van der Waals surface area contributed by atoms with Gasteiger partial charge in [0.15, 0.2) is 5.96 Å². The van der Waals surface area contributed by atoms with Crippen molar-refractivity contribution in [2.45, 2.75) is 25.3 Å². The van der Waals surface area contributed by atoms with Crippen molar-refractivity contribution in [2.24, 2.45) is 4.99 Å². The lowest BCUT2D eigenvalue weighted by atomic mass is 10.2. The van der Waals surface area contributed by atoms with E-state index in [2.05, 4.69) is 44.1 Å². The molecule has 2 N–H and O–H groups in total. The molecule has 0 saturated carbocycles. The highest BCUT2D eigenvalue weighted by atomic mass is 127. The van der Waals surface area contributed by atoms with Crippen LogP contribution < -0.4 is 15.5 Å². The number of hydrogen-bond acceptors (Lipinski definition) is 4. The number of benzene rings is 1. The van der Waals surface area contributed by atoms with E-state index in [0.717, 1.165) is 38.3 Å². The fourth-order valence-corrected chi connectivity index (χ4v) is 5.07. The van der Waals surface area contributed by atoms with E-state index in [9.17, 15) is 4.79 Å². The van der Waals surface area contributed by atoms with Gasteiger partial charge in [0, 0.05) is 30.7 Å². The van der Waals surface area contributed by atoms with E-state index in [1.165, 1.54) is 23.3 Å². The Balaban J connectivity index is 0.00000256. The first-order valence-electron chi connectivity index (χ1n) is 10.4. The molecule has 162 valence electrons. The topological polar surface area (TPSA) is 60.0 Å². The fourth-order valence-electron chi connectivity index (χ4n) is 4.21. The van der Waals surface area contributed by atoms with Gasteiger partial charge in [-0.3, -0.25) is 14.7 Å². The summed E-state index contributed by atoms with van der Waals surface area (Å²) >= 11 is 1.80. The number of hydrogen-bond donors (Lipinski definition) is 2. The van der Waals surface area contributed by atoms with Crippen molar-refractivity contribution in [2.75, 3.05) is 44.7 Å². The van der Waals surface area contributed by atoms with Gasteiger partial charge in [0.2, 0.25) is 5.91 Å². The van der Waals surface area contributed by atoms with E-state index in [0.29, 0.717) is 12.0 Å². The standard InChI is InChI=1S/C22H29N5OS.HI/c1-23-22(24-15-19(20-9-6-14-29-20)26-11-4-5-12-26)25-16-21(28)27-13-10-17-7-2-3-8-18(17)27;/h2-3,6-9,14,19H,4-5,10-13,15-16H2,1H3,(H2,23,24,25);1H. The van der Waals surface area contributed by atoms with Crippen LogP contribution in [0.3, 0.4) is 0 Å². The number of anilines is 1. The largest absolute Gasteiger partial charge is 0.354 e. The molecule has 2 aliphatic heterocycles. The summed E-state index contributed by atoms with van der Waals surface area (Å²) < 4.78 is 0. The molecule has 0 aliphatic carbocycles. The zero-order valence-electron chi connectivity index (χ0n) is 17.3. The zero-order chi connectivity index (χ0) is 20.1. The number of para-hydroxylation sites is 1. The van der Waals surface area contributed by atoms with Crippen molar-refractivity contribution in [1.29, 1.82) is 0 Å². The summed E-state index contributed by atoms with van der Waals surface area (Å²) in [7, 11) is 1.75. The van der Waals surface area contributed by atoms with Crippen LogP contribution in [-0.2, 0) is 11.2 Å². The minimum Gasteiger partial charge on any atom is -0.354 e. The van der Waals surface area contributed by atoms with Crippen molar-refractivity contribution in [1.82, 2.24) is 15.5 Å². The molecular formula is C22H30IN5OS. The highest BCUT2D eigenvalue weighted by molar-refractivity contribution is 14.0. The zero-order valence-corrected chi connectivity index (χ0v) is 20.5. The molecule has 8 heteroatoms. The quantitative estimate of drug-likeness (QED) is 0.336. The molecule has 0 bridgehead atoms. The molecule has 1 aromatic heterocycles. The monoisotopic (exact) mass is 539 g/mol. The summed E-state index contributed by atoms with van der Waals surface area (Å²) in [5.41, 5.74) is 2.28. The Kier molecular flexibility index (Phi) is 8.52. The van der Waals surface area contributed by atoms with E-state index in [4.69, 9.17) is 0 Å². The number of nitrogens with one attached hydrogen (secondary N) is 2. The van der Waals surface area contributed by atoms with E-state index in [-0.39, 0.29) is 36.4 Å². The van der Waals surface area contributed by atoms with Crippen molar-refractivity contribution in [3.63, 3.8) is 0 Å². The molecule has 3 heterocycles. The van der Waals surface area contributed by atoms with Crippen molar-refractivity contribution >= 4 is 52.9 Å². The van der Waals surface area contributed by atoms with Gasteiger partial charge >= 0.3 is 0 Å². The van der Waals surface area contributed by atoms with Crippen LogP contribution in [0.25, 0.3) is 0 Å². The minimum absolute atomic E-state index is 0. The molecule has 1 atom stereocenters. The minimum atomic E-state index is 0. The lowest BCUT2D eigenvalue weighted by molar-refractivity contribution is -0.117. The van der Waals surface area contributed by atoms with Crippen molar-refractivity contribution in [3.8, 4) is 0 Å². The highest BCUT2D eigenvalue weighted by Gasteiger charge is 2.26. The molecule has 4 rings (SSSR count). The maximum absolute atomic E-state index is 12.7. The number of amides is 1. The molecule has 2 aliphatic rings. The number of halogens is 1. The Morgan fingerprint density at radius 2 is 1.93 bits per heavy atom. The molecule has 1 aromatic carbocycles. The third-order valence-corrected chi connectivity index (χ3v) is 6.71. The Labute approximate surface area is 199 Å². The third-order valence-electron chi connectivity index (χ3n) is 5.73. The molecule has 6 nitrogen and oxygen atoms in total. The fraction of sp³-hybridized carbons (Fsp3) is 0.455. The number of likely N-dealkylation sites (tertiary alicyclic amines) is 1. The van der Waals surface area contributed by atoms with Crippen LogP contribution in [0.15, 0.2) is 46.8 Å². The molecule has 1 fully saturated rings. The molecule has 1 amide bonds. The van der Waals surface area contributed by atoms with Gasteiger partial charge in [0.05, 0.1) is 12.6 Å². The Bertz CT molecular complexity index is 851. The first kappa shape index (κ1) is 23.0. The van der Waals surface area contributed by atoms with Crippen LogP contribution >= 0.6 is 35.3 Å². The number of carbonyl (C=O) groups is 1. The van der Waals surface area contributed by atoms with E-state index in [1.54, 1.807) is 18.4 Å². The summed E-state index contributed by atoms with van der Waals surface area (Å²) in [4.78, 5) is 22.8. The smallest absolute Gasteiger partial charge is 0.246 e. The summed E-state index contributed by atoms with van der Waals surface area (Å²) in [6.07, 6.45) is 3.45. The van der Waals surface area contributed by atoms with Crippen LogP contribution in [0.4, 0.5) is 5.69 Å². The van der Waals surface area contributed by atoms with Crippen molar-refractivity contribution in [3.05, 3.63) is 52.2 Å². The molecule has 1 unspecified atom stereocenters. The van der Waals surface area contributed by atoms with Gasteiger partial charge < -0.3 is 15.5 Å². The number of fused-ring (bicyclic) bond motifs is 1. The third kappa shape index (κ3) is 5.33. The molecule has 30 heavy (non-hydrogen) atoms. The van der Waals surface area contributed by atoms with Gasteiger partial charge in [-0.1, -0.05) is 24.3 Å². The predicted molar refractivity (Wildman–Crippen MR) is 135 cm³/mol. The predicted octanol–water partition coefficient (Wildman–Crippen LogP) is 3.26. The SMILES string of the molecule is CN=C(NCC(=O)N1CCc2ccccc21)NCC(c1cccs1)N1CCCC1.I. The van der Waals surface area contributed by atoms with Gasteiger partial charge in [0.1, 0.15) is 0 Å². The summed E-state index contributed by atoms with van der Waals surface area (Å²) in [5, 5.41) is 8.77. The second kappa shape index (κ2) is 11.1. The highest BCUT2D eigenvalue weighted by Crippen LogP contribution is 2.28. The lowest BCUT2D eigenvalue weighted by Gasteiger charge is -2.27. The van der Waals surface area contributed by atoms with Crippen LogP contribution in [0.5, 0.6) is 0 Å². The maximum atomic E-state index is 12.7. The number of nitrogens with zero attached hydrogens (tertiary/aromatic N) is 3. The van der Waals surface area contributed by atoms with Crippen LogP contribution in [0.2, 0.25) is 0 Å². The summed E-state index contributed by atoms with van der Waals surface area (Å²) in [6.45, 7) is 4.05. The number of thiophene rings is 1. The van der Waals surface area contributed by atoms with E-state index < -0.39 is 0 Å². The molecular weight excluding hydrogens is 509 g/mol. The van der Waals surface area contributed by atoms with E-state index >= 15 is 0 Å². The first-order chi connectivity index (χ1) is 14.3. The Hall–Kier alpha value is -1.65. The summed E-state index contributed by atoms with van der Waals surface area (Å²) in [5.74, 6) is 0.749. The average Bonchev–Trinajstić information content (AvgIpc) is 3.52.